The average molecular weight is 256 g/mol. The molecule has 0 fully saturated rings. The molecule has 0 saturated carbocycles. The van der Waals surface area contributed by atoms with Gasteiger partial charge in [0.15, 0.2) is 5.75 Å². The molecule has 0 saturated heterocycles. The summed E-state index contributed by atoms with van der Waals surface area (Å²) in [5, 5.41) is 3.10. The Labute approximate surface area is 96.1 Å². The Bertz CT molecular complexity index is 242. The predicted octanol–water partition coefficient (Wildman–Crippen LogP) is 1.77. The summed E-state index contributed by atoms with van der Waals surface area (Å²) in [4.78, 5) is 0. The second-order valence-electron chi connectivity index (χ2n) is 3.49. The second-order valence-corrected chi connectivity index (χ2v) is 7.04. The maximum Gasteiger partial charge on any atom is 0.430 e. The number of unbranched alkanes of at least 4 members (excludes halogenated alkanes) is 5. The fourth-order valence-corrected chi connectivity index (χ4v) is 2.82. The van der Waals surface area contributed by atoms with Crippen molar-refractivity contribution in [1.29, 1.82) is 0 Å². The molecule has 15 heavy (non-hydrogen) atoms. The molecule has 0 unspecified atom stereocenters. The Morgan fingerprint density at radius 3 is 2.13 bits per heavy atom. The maximum absolute atomic E-state index is 10.5. The molecule has 0 aliphatic carbocycles. The first-order valence-corrected chi connectivity index (χ1v) is 8.32. The lowest BCUT2D eigenvalue weighted by Crippen LogP contribution is -2.06. The van der Waals surface area contributed by atoms with Gasteiger partial charge in [0.2, 0.25) is 0 Å². The van der Waals surface area contributed by atoms with Gasteiger partial charge < -0.3 is 5.32 Å². The van der Waals surface area contributed by atoms with Crippen molar-refractivity contribution in [3.63, 3.8) is 0 Å². The van der Waals surface area contributed by atoms with Crippen molar-refractivity contribution in [1.82, 2.24) is 5.32 Å². The molecule has 3 N–H and O–H groups in total. The van der Waals surface area contributed by atoms with Gasteiger partial charge in [-0.25, -0.2) is 0 Å². The Morgan fingerprint density at radius 1 is 1.07 bits per heavy atom. The highest BCUT2D eigenvalue weighted by atomic mass is 32.9. The van der Waals surface area contributed by atoms with E-state index in [0.717, 1.165) is 29.7 Å². The third-order valence-electron chi connectivity index (χ3n) is 2.06. The van der Waals surface area contributed by atoms with Crippen LogP contribution >= 0.6 is 0 Å². The molecule has 0 aromatic heterocycles. The summed E-state index contributed by atoms with van der Waals surface area (Å²) in [6, 6.07) is 0. The summed E-state index contributed by atoms with van der Waals surface area (Å²) >= 11 is 0. The van der Waals surface area contributed by atoms with Gasteiger partial charge in [0.05, 0.1) is 0 Å². The van der Waals surface area contributed by atoms with Crippen LogP contribution in [-0.2, 0) is 19.4 Å². The number of nitrogens with one attached hydrogen (secondary N) is 1. The summed E-state index contributed by atoms with van der Waals surface area (Å²) in [6.07, 6.45) is 6.82. The monoisotopic (exact) mass is 256 g/mol. The number of rotatable bonds is 9. The van der Waals surface area contributed by atoms with Crippen molar-refractivity contribution >= 4 is 19.4 Å². The largest absolute Gasteiger partial charge is 0.430 e. The first-order chi connectivity index (χ1) is 7.06. The van der Waals surface area contributed by atoms with E-state index in [2.05, 4.69) is 5.32 Å². The van der Waals surface area contributed by atoms with Crippen molar-refractivity contribution in [3.05, 3.63) is 0 Å². The first-order valence-electron chi connectivity index (χ1n) is 5.34. The SMILES string of the molecule is CNCCCCCCCC[S+]=S(=O)(O)O. The van der Waals surface area contributed by atoms with E-state index in [4.69, 9.17) is 9.11 Å². The van der Waals surface area contributed by atoms with Crippen LogP contribution in [0.5, 0.6) is 0 Å². The van der Waals surface area contributed by atoms with Gasteiger partial charge in [-0.05, 0) is 26.4 Å². The van der Waals surface area contributed by atoms with Crippen LogP contribution in [-0.4, -0.2) is 32.7 Å². The number of hydrogen-bond donors (Lipinski definition) is 3. The topological polar surface area (TPSA) is 69.6 Å². The van der Waals surface area contributed by atoms with Crippen molar-refractivity contribution in [3.8, 4) is 0 Å². The third kappa shape index (κ3) is 14.2. The molecule has 0 aliphatic heterocycles. The molecule has 0 radical (unpaired) electrons. The molecule has 0 bridgehead atoms. The zero-order valence-corrected chi connectivity index (χ0v) is 10.9. The van der Waals surface area contributed by atoms with Crippen LogP contribution in [0.25, 0.3) is 0 Å². The number of hydrogen-bond acceptors (Lipinski definition) is 2. The van der Waals surface area contributed by atoms with Gasteiger partial charge in [-0.15, -0.1) is 0 Å². The quantitative estimate of drug-likeness (QED) is 0.434. The Kier molecular flexibility index (Phi) is 9.63. The van der Waals surface area contributed by atoms with Gasteiger partial charge in [0, 0.05) is 6.42 Å². The van der Waals surface area contributed by atoms with Gasteiger partial charge in [-0.2, -0.15) is 4.21 Å². The van der Waals surface area contributed by atoms with Crippen LogP contribution in [0.15, 0.2) is 0 Å². The van der Waals surface area contributed by atoms with E-state index in [0.29, 0.717) is 5.75 Å². The molecule has 92 valence electrons. The highest BCUT2D eigenvalue weighted by Gasteiger charge is 2.08. The fraction of sp³-hybridized carbons (Fsp3) is 1.00. The van der Waals surface area contributed by atoms with Crippen LogP contribution in [0.2, 0.25) is 0 Å². The third-order valence-corrected chi connectivity index (χ3v) is 4.24. The minimum Gasteiger partial charge on any atom is -0.320 e. The minimum absolute atomic E-state index is 0.558. The average Bonchev–Trinajstić information content (AvgIpc) is 2.14. The summed E-state index contributed by atoms with van der Waals surface area (Å²) in [6.45, 7) is 1.08. The van der Waals surface area contributed by atoms with Crippen LogP contribution < -0.4 is 5.32 Å². The lowest BCUT2D eigenvalue weighted by atomic mass is 10.1. The molecular formula is C9H22NO3S2+. The standard InChI is InChI=1S/C9H21NO3S2/c1-10-8-6-4-2-3-5-7-9-14-15(11,12)13/h10H,2-9H2,1H3,(H-,11,12,13)/p+1. The summed E-state index contributed by atoms with van der Waals surface area (Å²) in [5.74, 6) is 0.558. The highest BCUT2D eigenvalue weighted by molar-refractivity contribution is 8.34. The van der Waals surface area contributed by atoms with E-state index < -0.39 is 9.05 Å². The molecule has 0 aromatic carbocycles. The van der Waals surface area contributed by atoms with E-state index in [1.54, 1.807) is 0 Å². The summed E-state index contributed by atoms with van der Waals surface area (Å²) < 4.78 is 27.6. The maximum atomic E-state index is 10.5. The van der Waals surface area contributed by atoms with Crippen LogP contribution in [0, 0.1) is 0 Å². The zero-order chi connectivity index (χ0) is 11.6. The van der Waals surface area contributed by atoms with E-state index in [9.17, 15) is 4.21 Å². The van der Waals surface area contributed by atoms with Crippen molar-refractivity contribution < 1.29 is 13.3 Å². The molecule has 0 atom stereocenters. The minimum atomic E-state index is -3.57. The van der Waals surface area contributed by atoms with Gasteiger partial charge in [0.25, 0.3) is 10.3 Å². The molecular weight excluding hydrogens is 234 g/mol. The lowest BCUT2D eigenvalue weighted by Gasteiger charge is -1.98. The van der Waals surface area contributed by atoms with Crippen molar-refractivity contribution in [2.45, 2.75) is 38.5 Å². The van der Waals surface area contributed by atoms with E-state index in [1.807, 2.05) is 7.05 Å². The molecule has 4 nitrogen and oxygen atoms in total. The van der Waals surface area contributed by atoms with Gasteiger partial charge in [0.1, 0.15) is 0 Å². The second kappa shape index (κ2) is 9.47. The van der Waals surface area contributed by atoms with Gasteiger partial charge in [-0.3, -0.25) is 9.11 Å². The van der Waals surface area contributed by atoms with Crippen molar-refractivity contribution in [2.75, 3.05) is 19.3 Å². The zero-order valence-electron chi connectivity index (χ0n) is 9.28. The molecule has 0 rings (SSSR count). The molecule has 0 aromatic rings. The Morgan fingerprint density at radius 2 is 1.60 bits per heavy atom. The summed E-state index contributed by atoms with van der Waals surface area (Å²) in [7, 11) is -0.879. The van der Waals surface area contributed by atoms with Gasteiger partial charge in [-0.1, -0.05) is 19.3 Å². The normalized spacial score (nSPS) is 11.7. The molecule has 0 amide bonds. The lowest BCUT2D eigenvalue weighted by molar-refractivity contribution is 0.450. The smallest absolute Gasteiger partial charge is 0.320 e. The summed E-state index contributed by atoms with van der Waals surface area (Å²) in [5.41, 5.74) is 0. The van der Waals surface area contributed by atoms with Crippen LogP contribution in [0.4, 0.5) is 0 Å². The van der Waals surface area contributed by atoms with E-state index in [-0.39, 0.29) is 0 Å². The predicted molar refractivity (Wildman–Crippen MR) is 67.3 cm³/mol. The highest BCUT2D eigenvalue weighted by Crippen LogP contribution is 2.04. The van der Waals surface area contributed by atoms with Gasteiger partial charge >= 0.3 is 9.05 Å². The van der Waals surface area contributed by atoms with Crippen molar-refractivity contribution in [2.24, 2.45) is 0 Å². The molecule has 6 heteroatoms. The Balaban J connectivity index is 3.16. The van der Waals surface area contributed by atoms with E-state index >= 15 is 0 Å². The van der Waals surface area contributed by atoms with E-state index in [1.165, 1.54) is 25.7 Å². The Hall–Kier alpha value is 0.250. The van der Waals surface area contributed by atoms with Crippen LogP contribution in [0.1, 0.15) is 38.5 Å². The molecule has 0 spiro atoms. The van der Waals surface area contributed by atoms with Crippen LogP contribution in [0.3, 0.4) is 0 Å². The molecule has 0 heterocycles. The molecule has 0 aliphatic rings. The first kappa shape index (κ1) is 15.2. The fourth-order valence-electron chi connectivity index (χ4n) is 1.28.